The SMILES string of the molecule is [B]c1c([B])c([B])c(-c2cccc(-c3c([B])c([B])c([B])c([B])c3[B])c2-n2c3ccccc3c3ccc4c5ccccc5[nH]c4c32)c([B])c1[B]. The van der Waals surface area contributed by atoms with Crippen LogP contribution < -0.4 is 54.6 Å². The van der Waals surface area contributed by atoms with Gasteiger partial charge in [0, 0.05) is 38.2 Å². The summed E-state index contributed by atoms with van der Waals surface area (Å²) in [5, 5.41) is 4.13. The minimum absolute atomic E-state index is 0.107. The summed E-state index contributed by atoms with van der Waals surface area (Å²) in [4.78, 5) is 3.67. The van der Waals surface area contributed by atoms with Gasteiger partial charge in [0.15, 0.2) is 0 Å². The first-order valence-corrected chi connectivity index (χ1v) is 15.1. The molecule has 2 heterocycles. The summed E-state index contributed by atoms with van der Waals surface area (Å²) in [6.45, 7) is 0. The topological polar surface area (TPSA) is 20.7 Å². The lowest BCUT2D eigenvalue weighted by Gasteiger charge is -2.28. The van der Waals surface area contributed by atoms with Crippen LogP contribution in [0.1, 0.15) is 0 Å². The van der Waals surface area contributed by atoms with E-state index in [9.17, 15) is 0 Å². The van der Waals surface area contributed by atoms with Gasteiger partial charge in [-0.1, -0.05) is 88.6 Å². The standard InChI is InChI=1S/C36H14B10N2/c37-24-22(25(38)29(42)32(45)28(24)41)18-8-5-9-19(23-26(39)30(43)33(46)31(44)27(23)40)35(18)48-21-11-4-2-7-15(21)17-13-12-16-14-6-1-3-10-20(14)47-34(16)36(17)48/h1-13,47H. The number of hydrogen-bond donors (Lipinski definition) is 1. The van der Waals surface area contributed by atoms with Gasteiger partial charge in [-0.05, 0) is 23.3 Å². The molecular formula is C36H14B10N2. The smallest absolute Gasteiger partial charge is 0.113 e. The average Bonchev–Trinajstić information content (AvgIpc) is 3.64. The highest BCUT2D eigenvalue weighted by Crippen LogP contribution is 2.42. The third-order valence-corrected chi connectivity index (χ3v) is 9.51. The first kappa shape index (κ1) is 30.9. The second-order valence-corrected chi connectivity index (χ2v) is 12.0. The summed E-state index contributed by atoms with van der Waals surface area (Å²) >= 11 is 0. The maximum Gasteiger partial charge on any atom is 0.113 e. The van der Waals surface area contributed by atoms with Crippen molar-refractivity contribution in [3.05, 3.63) is 78.9 Å². The van der Waals surface area contributed by atoms with Crippen LogP contribution in [0.5, 0.6) is 0 Å². The number of rotatable bonds is 3. The molecule has 2 nitrogen and oxygen atoms in total. The van der Waals surface area contributed by atoms with Gasteiger partial charge in [-0.15, -0.1) is 32.8 Å². The zero-order chi connectivity index (χ0) is 33.8. The normalized spacial score (nSPS) is 11.8. The lowest BCUT2D eigenvalue weighted by molar-refractivity contribution is 1.19. The molecule has 0 aliphatic carbocycles. The molecule has 8 aromatic rings. The molecule has 0 atom stereocenters. The predicted octanol–water partition coefficient (Wildman–Crippen LogP) is -2.31. The third kappa shape index (κ3) is 4.14. The molecule has 198 valence electrons. The van der Waals surface area contributed by atoms with Crippen molar-refractivity contribution in [3.63, 3.8) is 0 Å². The molecule has 0 bridgehead atoms. The van der Waals surface area contributed by atoms with Crippen LogP contribution in [-0.2, 0) is 0 Å². The van der Waals surface area contributed by atoms with Crippen LogP contribution in [0, 0.1) is 0 Å². The molecule has 6 aromatic carbocycles. The van der Waals surface area contributed by atoms with Crippen molar-refractivity contribution in [2.24, 2.45) is 0 Å². The minimum Gasteiger partial charge on any atom is -0.353 e. The Morgan fingerprint density at radius 3 is 1.42 bits per heavy atom. The van der Waals surface area contributed by atoms with E-state index < -0.39 is 0 Å². The van der Waals surface area contributed by atoms with E-state index in [0.717, 1.165) is 43.6 Å². The Morgan fingerprint density at radius 1 is 0.396 bits per heavy atom. The van der Waals surface area contributed by atoms with Gasteiger partial charge < -0.3 is 9.55 Å². The van der Waals surface area contributed by atoms with Crippen molar-refractivity contribution in [2.75, 3.05) is 0 Å². The van der Waals surface area contributed by atoms with Crippen molar-refractivity contribution >= 4 is 177 Å². The highest BCUT2D eigenvalue weighted by atomic mass is 15.0. The lowest BCUT2D eigenvalue weighted by atomic mass is 9.58. The quantitative estimate of drug-likeness (QED) is 0.226. The largest absolute Gasteiger partial charge is 0.353 e. The Labute approximate surface area is 291 Å². The maximum atomic E-state index is 6.73. The maximum absolute atomic E-state index is 6.73. The Morgan fingerprint density at radius 2 is 0.854 bits per heavy atom. The first-order valence-electron chi connectivity index (χ1n) is 15.1. The van der Waals surface area contributed by atoms with Gasteiger partial charge >= 0.3 is 0 Å². The molecule has 2 aromatic heterocycles. The Hall–Kier alpha value is -4.43. The molecule has 20 radical (unpaired) electrons. The second-order valence-electron chi connectivity index (χ2n) is 12.0. The summed E-state index contributed by atoms with van der Waals surface area (Å²) in [6.07, 6.45) is 0. The van der Waals surface area contributed by atoms with Crippen LogP contribution >= 0.6 is 0 Å². The molecule has 0 spiro atoms. The van der Waals surface area contributed by atoms with Gasteiger partial charge in [0.25, 0.3) is 0 Å². The molecule has 0 aliphatic heterocycles. The van der Waals surface area contributed by atoms with E-state index >= 15 is 0 Å². The fraction of sp³-hybridized carbons (Fsp3) is 0. The van der Waals surface area contributed by atoms with Crippen LogP contribution in [0.3, 0.4) is 0 Å². The Bertz CT molecular complexity index is 2540. The molecule has 1 N–H and O–H groups in total. The fourth-order valence-corrected chi connectivity index (χ4v) is 7.07. The van der Waals surface area contributed by atoms with Gasteiger partial charge in [-0.2, -0.15) is 0 Å². The van der Waals surface area contributed by atoms with Crippen LogP contribution in [-0.4, -0.2) is 88.0 Å². The van der Waals surface area contributed by atoms with Gasteiger partial charge in [0.1, 0.15) is 78.5 Å². The Balaban J connectivity index is 1.66. The molecule has 8 rings (SSSR count). The summed E-state index contributed by atoms with van der Waals surface area (Å²) in [7, 11) is 65.1. The number of nitrogens with one attached hydrogen (secondary N) is 1. The van der Waals surface area contributed by atoms with Crippen molar-refractivity contribution < 1.29 is 0 Å². The number of nitrogens with zero attached hydrogens (tertiary/aromatic N) is 1. The molecular weight excluding hydrogens is 569 g/mol. The van der Waals surface area contributed by atoms with E-state index in [4.69, 9.17) is 78.5 Å². The number of H-pyrrole nitrogens is 1. The monoisotopic (exact) mass is 584 g/mol. The highest BCUT2D eigenvalue weighted by Gasteiger charge is 2.25. The van der Waals surface area contributed by atoms with Crippen LogP contribution in [0.2, 0.25) is 0 Å². The van der Waals surface area contributed by atoms with Crippen molar-refractivity contribution in [1.29, 1.82) is 0 Å². The van der Waals surface area contributed by atoms with Gasteiger partial charge in [0.2, 0.25) is 0 Å². The zero-order valence-corrected chi connectivity index (χ0v) is 25.7. The van der Waals surface area contributed by atoms with Crippen molar-refractivity contribution in [3.8, 4) is 27.9 Å². The molecule has 0 fully saturated rings. The van der Waals surface area contributed by atoms with Crippen LogP contribution in [0.4, 0.5) is 0 Å². The van der Waals surface area contributed by atoms with E-state index in [-0.39, 0.29) is 54.6 Å². The number of benzene rings is 6. The summed E-state index contributed by atoms with van der Waals surface area (Å²) in [5.41, 5.74) is 7.66. The van der Waals surface area contributed by atoms with E-state index in [1.54, 1.807) is 0 Å². The van der Waals surface area contributed by atoms with Gasteiger partial charge in [-0.3, -0.25) is 0 Å². The Kier molecular flexibility index (Phi) is 7.11. The first-order chi connectivity index (χ1) is 23.0. The molecule has 0 saturated heterocycles. The molecule has 0 aliphatic rings. The number of hydrogen-bond acceptors (Lipinski definition) is 0. The van der Waals surface area contributed by atoms with E-state index in [1.165, 1.54) is 0 Å². The fourth-order valence-electron chi connectivity index (χ4n) is 7.07. The third-order valence-electron chi connectivity index (χ3n) is 9.51. The molecule has 0 saturated carbocycles. The van der Waals surface area contributed by atoms with E-state index in [2.05, 4.69) is 39.9 Å². The predicted molar refractivity (Wildman–Crippen MR) is 215 cm³/mol. The van der Waals surface area contributed by atoms with Crippen LogP contribution in [0.15, 0.2) is 78.9 Å². The summed E-state index contributed by atoms with van der Waals surface area (Å²) in [5.74, 6) is 0. The lowest BCUT2D eigenvalue weighted by Crippen LogP contribution is -2.55. The number of aromatic nitrogens is 2. The van der Waals surface area contributed by atoms with Crippen LogP contribution in [0.25, 0.3) is 71.6 Å². The van der Waals surface area contributed by atoms with E-state index in [1.807, 2.05) is 48.5 Å². The van der Waals surface area contributed by atoms with Gasteiger partial charge in [-0.25, -0.2) is 0 Å². The molecule has 0 unspecified atom stereocenters. The average molecular weight is 583 g/mol. The second kappa shape index (κ2) is 11.1. The number of para-hydroxylation sites is 3. The number of fused-ring (bicyclic) bond motifs is 7. The number of aromatic amines is 1. The van der Waals surface area contributed by atoms with Crippen molar-refractivity contribution in [2.45, 2.75) is 0 Å². The zero-order valence-electron chi connectivity index (χ0n) is 25.7. The summed E-state index contributed by atoms with van der Waals surface area (Å²) < 4.78 is 2.15. The minimum atomic E-state index is 0.107. The summed E-state index contributed by atoms with van der Waals surface area (Å²) in [6, 6.07) is 26.1. The molecule has 12 heteroatoms. The molecule has 0 amide bonds. The van der Waals surface area contributed by atoms with Gasteiger partial charge in [0.05, 0.1) is 22.2 Å². The molecule has 48 heavy (non-hydrogen) atoms. The van der Waals surface area contributed by atoms with Crippen molar-refractivity contribution in [1.82, 2.24) is 9.55 Å². The van der Waals surface area contributed by atoms with E-state index in [0.29, 0.717) is 27.9 Å². The highest BCUT2D eigenvalue weighted by molar-refractivity contribution is 6.70.